The SMILES string of the molecule is O=C(O)NCC1=CC(=O)c2ccccc2C1=O. The van der Waals surface area contributed by atoms with Crippen LogP contribution in [0.2, 0.25) is 0 Å². The van der Waals surface area contributed by atoms with Crippen LogP contribution in [-0.4, -0.2) is 29.3 Å². The van der Waals surface area contributed by atoms with Gasteiger partial charge in [0.15, 0.2) is 11.6 Å². The summed E-state index contributed by atoms with van der Waals surface area (Å²) in [6.45, 7) is -0.158. The van der Waals surface area contributed by atoms with Crippen LogP contribution in [0.1, 0.15) is 20.7 Å². The minimum Gasteiger partial charge on any atom is -0.465 e. The molecule has 0 saturated carbocycles. The van der Waals surface area contributed by atoms with E-state index in [4.69, 9.17) is 5.11 Å². The second kappa shape index (κ2) is 4.21. The Morgan fingerprint density at radius 2 is 1.82 bits per heavy atom. The molecule has 0 aliphatic heterocycles. The van der Waals surface area contributed by atoms with Gasteiger partial charge in [-0.15, -0.1) is 0 Å². The summed E-state index contributed by atoms with van der Waals surface area (Å²) in [6, 6.07) is 6.48. The molecule has 0 heterocycles. The van der Waals surface area contributed by atoms with Crippen molar-refractivity contribution in [3.63, 3.8) is 0 Å². The number of fused-ring (bicyclic) bond motifs is 1. The highest BCUT2D eigenvalue weighted by Gasteiger charge is 2.24. The molecule has 0 unspecified atom stereocenters. The standard InChI is InChI=1S/C12H9NO4/c14-10-5-7(6-13-12(16)17)11(15)9-4-2-1-3-8(9)10/h1-5,13H,6H2,(H,16,17). The molecule has 0 radical (unpaired) electrons. The predicted octanol–water partition coefficient (Wildman–Crippen LogP) is 1.26. The molecule has 2 rings (SSSR count). The minimum atomic E-state index is -1.23. The Morgan fingerprint density at radius 3 is 2.47 bits per heavy atom. The third-order valence-corrected chi connectivity index (χ3v) is 2.46. The van der Waals surface area contributed by atoms with Crippen LogP contribution in [0.25, 0.3) is 0 Å². The molecule has 0 fully saturated rings. The minimum absolute atomic E-state index is 0.158. The van der Waals surface area contributed by atoms with Crippen molar-refractivity contribution >= 4 is 17.7 Å². The van der Waals surface area contributed by atoms with Crippen molar-refractivity contribution in [2.45, 2.75) is 0 Å². The van der Waals surface area contributed by atoms with Gasteiger partial charge in [0.25, 0.3) is 0 Å². The van der Waals surface area contributed by atoms with Crippen LogP contribution in [0.4, 0.5) is 4.79 Å². The van der Waals surface area contributed by atoms with Gasteiger partial charge in [-0.1, -0.05) is 24.3 Å². The highest BCUT2D eigenvalue weighted by Crippen LogP contribution is 2.20. The Kier molecular flexibility index (Phi) is 2.74. The first-order valence-corrected chi connectivity index (χ1v) is 4.95. The first-order chi connectivity index (χ1) is 8.09. The van der Waals surface area contributed by atoms with Crippen LogP contribution >= 0.6 is 0 Å². The zero-order chi connectivity index (χ0) is 12.4. The maximum absolute atomic E-state index is 11.9. The van der Waals surface area contributed by atoms with Gasteiger partial charge in [-0.2, -0.15) is 0 Å². The van der Waals surface area contributed by atoms with Crippen molar-refractivity contribution in [1.29, 1.82) is 0 Å². The third-order valence-electron chi connectivity index (χ3n) is 2.46. The zero-order valence-electron chi connectivity index (χ0n) is 8.77. The van der Waals surface area contributed by atoms with Gasteiger partial charge in [0.1, 0.15) is 0 Å². The molecule has 0 spiro atoms. The number of rotatable bonds is 2. The highest BCUT2D eigenvalue weighted by molar-refractivity contribution is 6.24. The summed E-state index contributed by atoms with van der Waals surface area (Å²) in [5.74, 6) is -0.587. The fourth-order valence-electron chi connectivity index (χ4n) is 1.67. The van der Waals surface area contributed by atoms with Gasteiger partial charge in [-0.25, -0.2) is 4.79 Å². The Morgan fingerprint density at radius 1 is 1.18 bits per heavy atom. The number of hydrogen-bond donors (Lipinski definition) is 2. The average Bonchev–Trinajstić information content (AvgIpc) is 2.32. The smallest absolute Gasteiger partial charge is 0.404 e. The summed E-state index contributed by atoms with van der Waals surface area (Å²) in [7, 11) is 0. The number of carbonyl (C=O) groups excluding carboxylic acids is 2. The molecule has 0 atom stereocenters. The van der Waals surface area contributed by atoms with E-state index in [1.165, 1.54) is 6.08 Å². The van der Waals surface area contributed by atoms with Crippen LogP contribution in [0.15, 0.2) is 35.9 Å². The van der Waals surface area contributed by atoms with Crippen molar-refractivity contribution in [3.8, 4) is 0 Å². The van der Waals surface area contributed by atoms with Gasteiger partial charge >= 0.3 is 6.09 Å². The average molecular weight is 231 g/mol. The molecule has 0 saturated heterocycles. The van der Waals surface area contributed by atoms with Gasteiger partial charge in [-0.3, -0.25) is 9.59 Å². The molecule has 1 aromatic carbocycles. The normalized spacial score (nSPS) is 14.0. The Bertz CT molecular complexity index is 545. The van der Waals surface area contributed by atoms with E-state index in [1.807, 2.05) is 0 Å². The fraction of sp³-hybridized carbons (Fsp3) is 0.0833. The van der Waals surface area contributed by atoms with E-state index < -0.39 is 6.09 Å². The number of carbonyl (C=O) groups is 3. The van der Waals surface area contributed by atoms with Crippen molar-refractivity contribution < 1.29 is 19.5 Å². The Balaban J connectivity index is 2.32. The fourth-order valence-corrected chi connectivity index (χ4v) is 1.67. The summed E-state index contributed by atoms with van der Waals surface area (Å²) < 4.78 is 0. The van der Waals surface area contributed by atoms with Gasteiger partial charge < -0.3 is 10.4 Å². The van der Waals surface area contributed by atoms with Crippen molar-refractivity contribution in [2.24, 2.45) is 0 Å². The van der Waals surface area contributed by atoms with Crippen molar-refractivity contribution in [3.05, 3.63) is 47.0 Å². The number of hydrogen-bond acceptors (Lipinski definition) is 3. The third kappa shape index (κ3) is 2.08. The van der Waals surface area contributed by atoms with E-state index in [2.05, 4.69) is 5.32 Å². The molecule has 86 valence electrons. The highest BCUT2D eigenvalue weighted by atomic mass is 16.4. The molecule has 5 heteroatoms. The van der Waals surface area contributed by atoms with Crippen LogP contribution in [0.3, 0.4) is 0 Å². The van der Waals surface area contributed by atoms with Crippen LogP contribution in [0, 0.1) is 0 Å². The predicted molar refractivity (Wildman–Crippen MR) is 59.2 cm³/mol. The molecular formula is C12H9NO4. The van der Waals surface area contributed by atoms with E-state index in [9.17, 15) is 14.4 Å². The van der Waals surface area contributed by atoms with E-state index in [1.54, 1.807) is 24.3 Å². The first-order valence-electron chi connectivity index (χ1n) is 4.95. The summed E-state index contributed by atoms with van der Waals surface area (Å²) in [6.07, 6.45) is -0.0503. The van der Waals surface area contributed by atoms with Crippen LogP contribution in [0.5, 0.6) is 0 Å². The number of carboxylic acid groups (broad SMARTS) is 1. The first kappa shape index (κ1) is 11.1. The molecule has 17 heavy (non-hydrogen) atoms. The number of amides is 1. The molecule has 1 aromatic rings. The van der Waals surface area contributed by atoms with Crippen molar-refractivity contribution in [1.82, 2.24) is 5.32 Å². The number of allylic oxidation sites excluding steroid dienone is 1. The maximum atomic E-state index is 11.9. The topological polar surface area (TPSA) is 83.5 Å². The van der Waals surface area contributed by atoms with Gasteiger partial charge in [0, 0.05) is 16.7 Å². The summed E-state index contributed by atoms with van der Waals surface area (Å²) in [5, 5.41) is 10.5. The van der Waals surface area contributed by atoms with E-state index in [-0.39, 0.29) is 23.7 Å². The molecule has 2 N–H and O–H groups in total. The molecule has 1 aliphatic carbocycles. The molecule has 1 aliphatic rings. The lowest BCUT2D eigenvalue weighted by Gasteiger charge is -2.14. The number of benzene rings is 1. The molecule has 0 bridgehead atoms. The van der Waals surface area contributed by atoms with E-state index in [0.717, 1.165) is 0 Å². The lowest BCUT2D eigenvalue weighted by atomic mass is 9.89. The lowest BCUT2D eigenvalue weighted by molar-refractivity contribution is 0.0982. The largest absolute Gasteiger partial charge is 0.465 e. The van der Waals surface area contributed by atoms with Gasteiger partial charge in [0.05, 0.1) is 6.54 Å². The molecule has 5 nitrogen and oxygen atoms in total. The second-order valence-corrected chi connectivity index (χ2v) is 3.57. The van der Waals surface area contributed by atoms with E-state index in [0.29, 0.717) is 11.1 Å². The lowest BCUT2D eigenvalue weighted by Crippen LogP contribution is -2.29. The summed E-state index contributed by atoms with van der Waals surface area (Å²) in [5.41, 5.74) is 0.842. The Labute approximate surface area is 96.8 Å². The number of ketones is 2. The second-order valence-electron chi connectivity index (χ2n) is 3.57. The number of Topliss-reactive ketones (excluding diaryl/α,β-unsaturated/α-hetero) is 1. The summed E-state index contributed by atoms with van der Waals surface area (Å²) in [4.78, 5) is 33.9. The summed E-state index contributed by atoms with van der Waals surface area (Å²) >= 11 is 0. The molecular weight excluding hydrogens is 222 g/mol. The molecule has 1 amide bonds. The van der Waals surface area contributed by atoms with Crippen LogP contribution < -0.4 is 5.32 Å². The number of nitrogens with one attached hydrogen (secondary N) is 1. The molecule has 0 aromatic heterocycles. The van der Waals surface area contributed by atoms with E-state index >= 15 is 0 Å². The zero-order valence-corrected chi connectivity index (χ0v) is 8.77. The van der Waals surface area contributed by atoms with Crippen molar-refractivity contribution in [2.75, 3.05) is 6.54 Å². The Hall–Kier alpha value is -2.43. The monoisotopic (exact) mass is 231 g/mol. The quantitative estimate of drug-likeness (QED) is 0.802. The van der Waals surface area contributed by atoms with Gasteiger partial charge in [-0.05, 0) is 6.08 Å². The van der Waals surface area contributed by atoms with Crippen LogP contribution in [-0.2, 0) is 0 Å². The van der Waals surface area contributed by atoms with Gasteiger partial charge in [0.2, 0.25) is 0 Å². The maximum Gasteiger partial charge on any atom is 0.404 e.